The molecule has 1 fully saturated rings. The van der Waals surface area contributed by atoms with Gasteiger partial charge in [-0.1, -0.05) is 25.5 Å². The molecular formula is C24H25N3O4. The van der Waals surface area contributed by atoms with Gasteiger partial charge in [-0.3, -0.25) is 24.1 Å². The van der Waals surface area contributed by atoms with Crippen molar-refractivity contribution in [2.45, 2.75) is 39.2 Å². The van der Waals surface area contributed by atoms with Crippen LogP contribution in [0.15, 0.2) is 42.5 Å². The number of carbonyl (C=O) groups is 4. The molecule has 31 heavy (non-hydrogen) atoms. The second-order valence-electron chi connectivity index (χ2n) is 7.87. The summed E-state index contributed by atoms with van der Waals surface area (Å²) in [5.41, 5.74) is 2.75. The van der Waals surface area contributed by atoms with Crippen LogP contribution < -0.4 is 10.2 Å². The number of nitrogens with one attached hydrogen (secondary N) is 1. The van der Waals surface area contributed by atoms with E-state index in [2.05, 4.69) is 5.32 Å². The third kappa shape index (κ3) is 4.08. The van der Waals surface area contributed by atoms with Crippen LogP contribution in [0.5, 0.6) is 0 Å². The quantitative estimate of drug-likeness (QED) is 0.699. The molecule has 2 heterocycles. The lowest BCUT2D eigenvalue weighted by atomic mass is 10.1. The van der Waals surface area contributed by atoms with E-state index >= 15 is 0 Å². The largest absolute Gasteiger partial charge is 0.348 e. The van der Waals surface area contributed by atoms with Gasteiger partial charge in [0.1, 0.15) is 0 Å². The maximum atomic E-state index is 12.6. The van der Waals surface area contributed by atoms with Gasteiger partial charge in [0.15, 0.2) is 0 Å². The molecule has 7 nitrogen and oxygen atoms in total. The smallest absolute Gasteiger partial charge is 0.261 e. The molecule has 1 N–H and O–H groups in total. The molecule has 2 aliphatic heterocycles. The molecule has 2 aliphatic rings. The number of unbranched alkanes of at least 4 members (excludes halogenated alkanes) is 1. The molecule has 160 valence electrons. The Morgan fingerprint density at radius 3 is 2.42 bits per heavy atom. The van der Waals surface area contributed by atoms with Crippen LogP contribution in [-0.2, 0) is 11.3 Å². The first-order valence-electron chi connectivity index (χ1n) is 10.7. The minimum atomic E-state index is -0.338. The van der Waals surface area contributed by atoms with Crippen LogP contribution in [0.1, 0.15) is 69.2 Å². The van der Waals surface area contributed by atoms with Crippen LogP contribution in [0.2, 0.25) is 0 Å². The topological polar surface area (TPSA) is 86.8 Å². The molecule has 0 unspecified atom stereocenters. The molecule has 4 amide bonds. The van der Waals surface area contributed by atoms with Crippen molar-refractivity contribution in [3.05, 3.63) is 64.7 Å². The van der Waals surface area contributed by atoms with E-state index in [1.165, 1.54) is 11.0 Å². The minimum absolute atomic E-state index is 0.138. The zero-order valence-corrected chi connectivity index (χ0v) is 17.5. The van der Waals surface area contributed by atoms with Crippen molar-refractivity contribution >= 4 is 29.3 Å². The van der Waals surface area contributed by atoms with Crippen molar-refractivity contribution in [2.24, 2.45) is 0 Å². The highest BCUT2D eigenvalue weighted by Crippen LogP contribution is 2.25. The summed E-state index contributed by atoms with van der Waals surface area (Å²) in [6.45, 7) is 3.45. The first-order chi connectivity index (χ1) is 15.0. The van der Waals surface area contributed by atoms with Crippen LogP contribution in [0.3, 0.4) is 0 Å². The Hall–Kier alpha value is -3.48. The summed E-state index contributed by atoms with van der Waals surface area (Å²) in [4.78, 5) is 52.5. The van der Waals surface area contributed by atoms with Crippen LogP contribution >= 0.6 is 0 Å². The number of benzene rings is 2. The summed E-state index contributed by atoms with van der Waals surface area (Å²) in [5, 5.41) is 2.85. The first-order valence-corrected chi connectivity index (χ1v) is 10.7. The fourth-order valence-corrected chi connectivity index (χ4v) is 3.95. The molecule has 0 aliphatic carbocycles. The summed E-state index contributed by atoms with van der Waals surface area (Å²) in [5.74, 6) is -0.806. The zero-order chi connectivity index (χ0) is 22.0. The molecule has 4 rings (SSSR count). The number of anilines is 1. The second-order valence-corrected chi connectivity index (χ2v) is 7.87. The third-order valence-electron chi connectivity index (χ3n) is 5.74. The van der Waals surface area contributed by atoms with Crippen LogP contribution in [0, 0.1) is 0 Å². The predicted octanol–water partition coefficient (Wildman–Crippen LogP) is 3.14. The first kappa shape index (κ1) is 20.8. The fraction of sp³-hybridized carbons (Fsp3) is 0.333. The highest BCUT2D eigenvalue weighted by molar-refractivity contribution is 6.22. The number of imide groups is 1. The molecule has 0 aromatic heterocycles. The molecule has 0 radical (unpaired) electrons. The Morgan fingerprint density at radius 2 is 1.74 bits per heavy atom. The molecule has 7 heteroatoms. The molecule has 0 saturated carbocycles. The van der Waals surface area contributed by atoms with Gasteiger partial charge in [0.25, 0.3) is 17.7 Å². The normalized spacial score (nSPS) is 15.6. The molecule has 2 aromatic rings. The second kappa shape index (κ2) is 8.71. The van der Waals surface area contributed by atoms with Gasteiger partial charge in [-0.05, 0) is 48.7 Å². The van der Waals surface area contributed by atoms with Crippen molar-refractivity contribution in [1.82, 2.24) is 10.2 Å². The van der Waals surface area contributed by atoms with Crippen molar-refractivity contribution < 1.29 is 19.2 Å². The highest BCUT2D eigenvalue weighted by Gasteiger charge is 2.35. The van der Waals surface area contributed by atoms with Gasteiger partial charge in [-0.25, -0.2) is 0 Å². The Labute approximate surface area is 181 Å². The molecule has 2 aromatic carbocycles. The standard InChI is InChI=1S/C24H25N3O4/c1-2-3-12-27-23(30)19-11-8-17(14-20(19)24(27)31)22(29)25-15-16-6-9-18(10-7-16)26-13-4-5-21(26)28/h6-11,14H,2-5,12-13,15H2,1H3,(H,25,29). The average Bonchev–Trinajstić information content (AvgIpc) is 3.32. The third-order valence-corrected chi connectivity index (χ3v) is 5.74. The lowest BCUT2D eigenvalue weighted by molar-refractivity contribution is -0.117. The van der Waals surface area contributed by atoms with Gasteiger partial charge in [-0.2, -0.15) is 0 Å². The van der Waals surface area contributed by atoms with E-state index in [1.54, 1.807) is 17.0 Å². The van der Waals surface area contributed by atoms with Gasteiger partial charge in [-0.15, -0.1) is 0 Å². The summed E-state index contributed by atoms with van der Waals surface area (Å²) in [7, 11) is 0. The van der Waals surface area contributed by atoms with Crippen molar-refractivity contribution in [2.75, 3.05) is 18.0 Å². The van der Waals surface area contributed by atoms with E-state index in [0.717, 1.165) is 37.1 Å². The predicted molar refractivity (Wildman–Crippen MR) is 116 cm³/mol. The summed E-state index contributed by atoms with van der Waals surface area (Å²) in [6.07, 6.45) is 3.10. The van der Waals surface area contributed by atoms with Crippen LogP contribution in [-0.4, -0.2) is 41.6 Å². The maximum absolute atomic E-state index is 12.6. The maximum Gasteiger partial charge on any atom is 0.261 e. The Balaban J connectivity index is 1.40. The van der Waals surface area contributed by atoms with E-state index in [0.29, 0.717) is 30.6 Å². The molecule has 1 saturated heterocycles. The molecule has 0 spiro atoms. The van der Waals surface area contributed by atoms with E-state index in [-0.39, 0.29) is 29.2 Å². The molecule has 0 bridgehead atoms. The van der Waals surface area contributed by atoms with Crippen molar-refractivity contribution in [3.63, 3.8) is 0 Å². The number of hydrogen-bond acceptors (Lipinski definition) is 4. The Kier molecular flexibility index (Phi) is 5.84. The van der Waals surface area contributed by atoms with E-state index in [4.69, 9.17) is 0 Å². The van der Waals surface area contributed by atoms with E-state index in [1.807, 2.05) is 31.2 Å². The van der Waals surface area contributed by atoms with E-state index in [9.17, 15) is 19.2 Å². The van der Waals surface area contributed by atoms with Crippen molar-refractivity contribution in [3.8, 4) is 0 Å². The minimum Gasteiger partial charge on any atom is -0.348 e. The summed E-state index contributed by atoms with van der Waals surface area (Å²) in [6, 6.07) is 12.2. The summed E-state index contributed by atoms with van der Waals surface area (Å²) >= 11 is 0. The fourth-order valence-electron chi connectivity index (χ4n) is 3.95. The number of nitrogens with zero attached hydrogens (tertiary/aromatic N) is 2. The SMILES string of the molecule is CCCCN1C(=O)c2ccc(C(=O)NCc3ccc(N4CCCC4=O)cc3)cc2C1=O. The lowest BCUT2D eigenvalue weighted by Crippen LogP contribution is -2.30. The molecule has 0 atom stereocenters. The number of fused-ring (bicyclic) bond motifs is 1. The van der Waals surface area contributed by atoms with Gasteiger partial charge in [0, 0.05) is 37.3 Å². The van der Waals surface area contributed by atoms with Crippen LogP contribution in [0.4, 0.5) is 5.69 Å². The number of hydrogen-bond donors (Lipinski definition) is 1. The van der Waals surface area contributed by atoms with Gasteiger partial charge >= 0.3 is 0 Å². The summed E-state index contributed by atoms with van der Waals surface area (Å²) < 4.78 is 0. The zero-order valence-electron chi connectivity index (χ0n) is 17.5. The Bertz CT molecular complexity index is 1050. The number of carbonyl (C=O) groups excluding carboxylic acids is 4. The Morgan fingerprint density at radius 1 is 1.00 bits per heavy atom. The number of amides is 4. The van der Waals surface area contributed by atoms with Gasteiger partial charge < -0.3 is 10.2 Å². The van der Waals surface area contributed by atoms with Crippen molar-refractivity contribution in [1.29, 1.82) is 0 Å². The highest BCUT2D eigenvalue weighted by atomic mass is 16.2. The average molecular weight is 419 g/mol. The molecular weight excluding hydrogens is 394 g/mol. The van der Waals surface area contributed by atoms with Crippen LogP contribution in [0.25, 0.3) is 0 Å². The monoisotopic (exact) mass is 419 g/mol. The van der Waals surface area contributed by atoms with E-state index < -0.39 is 0 Å². The lowest BCUT2D eigenvalue weighted by Gasteiger charge is -2.16. The number of rotatable bonds is 7. The van der Waals surface area contributed by atoms with Gasteiger partial charge in [0.05, 0.1) is 11.1 Å². The van der Waals surface area contributed by atoms with Gasteiger partial charge in [0.2, 0.25) is 5.91 Å².